The highest BCUT2D eigenvalue weighted by Gasteiger charge is 2.59. The van der Waals surface area contributed by atoms with Gasteiger partial charge in [-0.1, -0.05) is 30.3 Å². The predicted octanol–water partition coefficient (Wildman–Crippen LogP) is 0.968. The monoisotopic (exact) mass is 298 g/mol. The van der Waals surface area contributed by atoms with Gasteiger partial charge in [-0.05, 0) is 17.9 Å². The van der Waals surface area contributed by atoms with Crippen molar-refractivity contribution in [2.24, 2.45) is 11.8 Å². The summed E-state index contributed by atoms with van der Waals surface area (Å²) in [5.74, 6) is -0.468. The van der Waals surface area contributed by atoms with Crippen molar-refractivity contribution in [3.8, 4) is 6.07 Å². The Bertz CT molecular complexity index is 637. The van der Waals surface area contributed by atoms with Crippen LogP contribution in [0.2, 0.25) is 0 Å². The van der Waals surface area contributed by atoms with Gasteiger partial charge in [0.1, 0.15) is 5.78 Å². The number of carbonyl (C=O) groups excluding carboxylic acids is 2. The molecule has 0 saturated heterocycles. The van der Waals surface area contributed by atoms with E-state index in [0.29, 0.717) is 12.8 Å². The van der Waals surface area contributed by atoms with Crippen LogP contribution in [0.4, 0.5) is 0 Å². The van der Waals surface area contributed by atoms with E-state index in [2.05, 4.69) is 11.4 Å². The standard InChI is InChI=1S/C17H18N2O3/c18-10-17(14-9-13(20)7-12(14)8-15(17)21)19-16(22)6-11-4-2-1-3-5-11/h1-5,12,14-15,21H,6-9H2,(H,19,22)/t12-,14-,15+,17-/m1/s1. The van der Waals surface area contributed by atoms with Gasteiger partial charge in [-0.3, -0.25) is 9.59 Å². The molecule has 0 radical (unpaired) electrons. The summed E-state index contributed by atoms with van der Waals surface area (Å²) in [4.78, 5) is 23.9. The van der Waals surface area contributed by atoms with E-state index in [1.54, 1.807) is 0 Å². The summed E-state index contributed by atoms with van der Waals surface area (Å²) in [6.45, 7) is 0. The number of benzene rings is 1. The molecular weight excluding hydrogens is 280 g/mol. The number of Topliss-reactive ketones (excluding diaryl/α,β-unsaturated/α-hetero) is 1. The zero-order valence-corrected chi connectivity index (χ0v) is 12.2. The van der Waals surface area contributed by atoms with Gasteiger partial charge in [0.15, 0.2) is 5.54 Å². The second kappa shape index (κ2) is 5.54. The highest BCUT2D eigenvalue weighted by molar-refractivity contribution is 5.83. The highest BCUT2D eigenvalue weighted by Crippen LogP contribution is 2.48. The summed E-state index contributed by atoms with van der Waals surface area (Å²) in [7, 11) is 0. The number of ketones is 1. The quantitative estimate of drug-likeness (QED) is 0.870. The van der Waals surface area contributed by atoms with Crippen LogP contribution in [-0.2, 0) is 16.0 Å². The smallest absolute Gasteiger partial charge is 0.225 e. The van der Waals surface area contributed by atoms with Gasteiger partial charge in [0.2, 0.25) is 5.91 Å². The molecule has 4 atom stereocenters. The maximum absolute atomic E-state index is 12.3. The molecule has 0 aromatic heterocycles. The third-order valence-electron chi connectivity index (χ3n) is 4.88. The minimum atomic E-state index is -1.33. The first-order valence-corrected chi connectivity index (χ1v) is 7.51. The largest absolute Gasteiger partial charge is 0.390 e. The molecule has 114 valence electrons. The summed E-state index contributed by atoms with van der Waals surface area (Å²) in [5, 5.41) is 22.6. The molecule has 0 spiro atoms. The van der Waals surface area contributed by atoms with Gasteiger partial charge in [0.05, 0.1) is 18.6 Å². The van der Waals surface area contributed by atoms with Gasteiger partial charge in [-0.2, -0.15) is 5.26 Å². The molecule has 5 heteroatoms. The second-order valence-corrected chi connectivity index (χ2v) is 6.26. The van der Waals surface area contributed by atoms with Crippen molar-refractivity contribution in [1.29, 1.82) is 5.26 Å². The van der Waals surface area contributed by atoms with Crippen LogP contribution in [0.5, 0.6) is 0 Å². The molecule has 2 N–H and O–H groups in total. The van der Waals surface area contributed by atoms with Crippen molar-refractivity contribution in [3.05, 3.63) is 35.9 Å². The Balaban J connectivity index is 1.77. The van der Waals surface area contributed by atoms with Crippen molar-refractivity contribution in [2.45, 2.75) is 37.3 Å². The van der Waals surface area contributed by atoms with E-state index in [4.69, 9.17) is 0 Å². The summed E-state index contributed by atoms with van der Waals surface area (Å²) in [5.41, 5.74) is -0.484. The van der Waals surface area contributed by atoms with E-state index in [0.717, 1.165) is 5.56 Å². The fraction of sp³-hybridized carbons (Fsp3) is 0.471. The Kier molecular flexibility index (Phi) is 3.71. The number of amides is 1. The summed E-state index contributed by atoms with van der Waals surface area (Å²) in [6, 6.07) is 11.3. The number of aliphatic hydroxyl groups excluding tert-OH is 1. The van der Waals surface area contributed by atoms with Gasteiger partial charge in [-0.25, -0.2) is 0 Å². The lowest BCUT2D eigenvalue weighted by atomic mass is 9.84. The van der Waals surface area contributed by atoms with Crippen LogP contribution in [0.25, 0.3) is 0 Å². The lowest BCUT2D eigenvalue weighted by Gasteiger charge is -2.31. The molecule has 0 heterocycles. The molecule has 1 aromatic rings. The van der Waals surface area contributed by atoms with Crippen molar-refractivity contribution in [2.75, 3.05) is 0 Å². The van der Waals surface area contributed by atoms with Crippen molar-refractivity contribution in [3.63, 3.8) is 0 Å². The van der Waals surface area contributed by atoms with E-state index in [-0.39, 0.29) is 36.4 Å². The van der Waals surface area contributed by atoms with Crippen LogP contribution < -0.4 is 5.32 Å². The number of carbonyl (C=O) groups is 2. The minimum Gasteiger partial charge on any atom is -0.390 e. The molecule has 2 fully saturated rings. The van der Waals surface area contributed by atoms with Gasteiger partial charge >= 0.3 is 0 Å². The molecule has 22 heavy (non-hydrogen) atoms. The van der Waals surface area contributed by atoms with E-state index in [1.807, 2.05) is 30.3 Å². The summed E-state index contributed by atoms with van der Waals surface area (Å²) >= 11 is 0. The average molecular weight is 298 g/mol. The van der Waals surface area contributed by atoms with Crippen LogP contribution in [0, 0.1) is 23.2 Å². The molecule has 0 bridgehead atoms. The van der Waals surface area contributed by atoms with E-state index >= 15 is 0 Å². The Morgan fingerprint density at radius 3 is 2.77 bits per heavy atom. The lowest BCUT2D eigenvalue weighted by Crippen LogP contribution is -2.57. The molecule has 0 unspecified atom stereocenters. The fourth-order valence-electron chi connectivity index (χ4n) is 3.85. The Morgan fingerprint density at radius 2 is 2.09 bits per heavy atom. The van der Waals surface area contributed by atoms with Crippen LogP contribution in [0.1, 0.15) is 24.8 Å². The fourth-order valence-corrected chi connectivity index (χ4v) is 3.85. The van der Waals surface area contributed by atoms with E-state index < -0.39 is 11.6 Å². The van der Waals surface area contributed by atoms with Crippen LogP contribution in [0.15, 0.2) is 30.3 Å². The average Bonchev–Trinajstić information content (AvgIpc) is 2.96. The molecule has 2 saturated carbocycles. The first-order valence-electron chi connectivity index (χ1n) is 7.51. The zero-order chi connectivity index (χ0) is 15.7. The maximum atomic E-state index is 12.3. The SMILES string of the molecule is N#C[C@@]1(NC(=O)Cc2ccccc2)[C@@H]2CC(=O)C[C@@H]2C[C@@H]1O. The summed E-state index contributed by atoms with van der Waals surface area (Å²) in [6.07, 6.45) is 0.304. The van der Waals surface area contributed by atoms with Crippen LogP contribution in [0.3, 0.4) is 0 Å². The van der Waals surface area contributed by atoms with Crippen LogP contribution >= 0.6 is 0 Å². The third-order valence-corrected chi connectivity index (χ3v) is 4.88. The molecular formula is C17H18N2O3. The van der Waals surface area contributed by atoms with Gasteiger partial charge < -0.3 is 10.4 Å². The number of rotatable bonds is 3. The van der Waals surface area contributed by atoms with Crippen molar-refractivity contribution in [1.82, 2.24) is 5.32 Å². The summed E-state index contributed by atoms with van der Waals surface area (Å²) < 4.78 is 0. The normalized spacial score (nSPS) is 33.3. The highest BCUT2D eigenvalue weighted by atomic mass is 16.3. The minimum absolute atomic E-state index is 0.000764. The van der Waals surface area contributed by atoms with Crippen molar-refractivity contribution < 1.29 is 14.7 Å². The predicted molar refractivity (Wildman–Crippen MR) is 78.5 cm³/mol. The second-order valence-electron chi connectivity index (χ2n) is 6.26. The molecule has 2 aliphatic rings. The number of nitriles is 1. The van der Waals surface area contributed by atoms with Gasteiger partial charge in [0, 0.05) is 18.8 Å². The van der Waals surface area contributed by atoms with E-state index in [1.165, 1.54) is 0 Å². The van der Waals surface area contributed by atoms with E-state index in [9.17, 15) is 20.0 Å². The first-order chi connectivity index (χ1) is 10.5. The number of nitrogens with one attached hydrogen (secondary N) is 1. The van der Waals surface area contributed by atoms with Gasteiger partial charge in [-0.15, -0.1) is 0 Å². The zero-order valence-electron chi connectivity index (χ0n) is 12.2. The Labute approximate surface area is 128 Å². The molecule has 3 rings (SSSR count). The topological polar surface area (TPSA) is 90.2 Å². The molecule has 2 aliphatic carbocycles. The number of hydrogen-bond acceptors (Lipinski definition) is 4. The third kappa shape index (κ3) is 2.40. The molecule has 5 nitrogen and oxygen atoms in total. The molecule has 0 aliphatic heterocycles. The number of hydrogen-bond donors (Lipinski definition) is 2. The Hall–Kier alpha value is -2.19. The number of nitrogens with zero attached hydrogens (tertiary/aromatic N) is 1. The number of fused-ring (bicyclic) bond motifs is 1. The van der Waals surface area contributed by atoms with Crippen molar-refractivity contribution >= 4 is 11.7 Å². The maximum Gasteiger partial charge on any atom is 0.225 e. The Morgan fingerprint density at radius 1 is 1.36 bits per heavy atom. The number of aliphatic hydroxyl groups is 1. The first kappa shape index (κ1) is 14.7. The lowest BCUT2D eigenvalue weighted by molar-refractivity contribution is -0.124. The van der Waals surface area contributed by atoms with Gasteiger partial charge in [0.25, 0.3) is 0 Å². The van der Waals surface area contributed by atoms with Crippen LogP contribution in [-0.4, -0.2) is 28.4 Å². The molecule has 1 amide bonds. The molecule has 1 aromatic carbocycles.